The highest BCUT2D eigenvalue weighted by atomic mass is 17.0. The minimum Gasteiger partial charge on any atom is -0.307 e. The molecule has 0 aliphatic rings. The molecule has 0 N–H and O–H groups in total. The lowest BCUT2D eigenvalue weighted by atomic mass is 10.8. The molecule has 0 atom stereocenters. The fourth-order valence-electron chi connectivity index (χ4n) is 1.30. The summed E-state index contributed by atoms with van der Waals surface area (Å²) in [6, 6.07) is 0. The largest absolute Gasteiger partial charge is 0.307 e. The van der Waals surface area contributed by atoms with Gasteiger partial charge in [-0.2, -0.15) is 15.0 Å². The molecule has 1 aromatic rings. The Morgan fingerprint density at radius 3 is 0.870 bits per heavy atom. The summed E-state index contributed by atoms with van der Waals surface area (Å²) in [7, 11) is 8.26. The molecule has 23 heavy (non-hydrogen) atoms. The van der Waals surface area contributed by atoms with Gasteiger partial charge in [-0.1, -0.05) is 15.7 Å². The van der Waals surface area contributed by atoms with Crippen LogP contribution in [0.25, 0.3) is 0 Å². The van der Waals surface area contributed by atoms with Crippen LogP contribution in [0.3, 0.4) is 0 Å². The molecule has 13 heteroatoms. The summed E-state index contributed by atoms with van der Waals surface area (Å²) in [5.74, 6) is 0.0367. The van der Waals surface area contributed by atoms with Crippen molar-refractivity contribution in [3.05, 3.63) is 0 Å². The van der Waals surface area contributed by atoms with Crippen molar-refractivity contribution < 1.29 is 33.8 Å². The Balaban J connectivity index is 0.00000232. The second kappa shape index (κ2) is 11.4. The average Bonchev–Trinajstić information content (AvgIpc) is 2.60. The topological polar surface area (TPSA) is 121 Å². The van der Waals surface area contributed by atoms with E-state index in [1.165, 1.54) is 42.7 Å². The Bertz CT molecular complexity index is 367. The molecule has 0 saturated heterocycles. The maximum atomic E-state index is 8.00. The number of carbonyl (C=O) groups excluding carboxylic acids is 1. The van der Waals surface area contributed by atoms with Crippen molar-refractivity contribution in [1.29, 1.82) is 0 Å². The van der Waals surface area contributed by atoms with Gasteiger partial charge in [0.15, 0.2) is 0 Å². The summed E-state index contributed by atoms with van der Waals surface area (Å²) in [6.45, 7) is 2.00. The normalized spacial score (nSPS) is 9.83. The van der Waals surface area contributed by atoms with Gasteiger partial charge in [-0.15, -0.1) is 0 Å². The zero-order valence-corrected chi connectivity index (χ0v) is 13.7. The molecule has 0 aliphatic carbocycles. The van der Waals surface area contributed by atoms with Gasteiger partial charge in [0.1, 0.15) is 6.79 Å². The molecule has 0 aromatic carbocycles. The lowest BCUT2D eigenvalue weighted by Gasteiger charge is -2.22. The van der Waals surface area contributed by atoms with E-state index in [1.807, 2.05) is 6.79 Å². The maximum absolute atomic E-state index is 8.00. The first kappa shape index (κ1) is 20.8. The van der Waals surface area contributed by atoms with Crippen molar-refractivity contribution in [3.8, 4) is 0 Å². The van der Waals surface area contributed by atoms with Crippen molar-refractivity contribution >= 4 is 24.6 Å². The standard InChI is InChI=1S/C9H18N6O6.CH2O/c1-16-13(17-2)7-10-8(14(18-3)19-4)12-9(11-7)15(20-5)21-6;1-2/h1-6H3;1H2. The third-order valence-electron chi connectivity index (χ3n) is 2.08. The molecular formula is C10H20N6O7. The fraction of sp³-hybridized carbons (Fsp3) is 0.600. The van der Waals surface area contributed by atoms with Crippen LogP contribution in [0.2, 0.25) is 0 Å². The minimum absolute atomic E-state index is 0.0122. The van der Waals surface area contributed by atoms with E-state index in [4.69, 9.17) is 33.8 Å². The number of aromatic nitrogens is 3. The summed E-state index contributed by atoms with van der Waals surface area (Å²) >= 11 is 0. The zero-order valence-electron chi connectivity index (χ0n) is 13.7. The molecule has 0 unspecified atom stereocenters. The third-order valence-corrected chi connectivity index (χ3v) is 2.08. The van der Waals surface area contributed by atoms with Crippen LogP contribution in [0.5, 0.6) is 0 Å². The number of carbonyl (C=O) groups is 1. The smallest absolute Gasteiger partial charge is 0.284 e. The number of hydrogen-bond donors (Lipinski definition) is 0. The first-order valence-corrected chi connectivity index (χ1v) is 5.85. The Morgan fingerprint density at radius 2 is 0.739 bits per heavy atom. The van der Waals surface area contributed by atoms with Crippen molar-refractivity contribution in [2.45, 2.75) is 0 Å². The predicted octanol–water partition coefficient (Wildman–Crippen LogP) is -0.526. The Labute approximate surface area is 132 Å². The van der Waals surface area contributed by atoms with Crippen LogP contribution in [0.4, 0.5) is 17.8 Å². The van der Waals surface area contributed by atoms with Crippen LogP contribution < -0.4 is 15.7 Å². The van der Waals surface area contributed by atoms with Crippen LogP contribution >= 0.6 is 0 Å². The van der Waals surface area contributed by atoms with Gasteiger partial charge in [0.25, 0.3) is 17.8 Å². The molecular weight excluding hydrogens is 316 g/mol. The molecule has 132 valence electrons. The van der Waals surface area contributed by atoms with Gasteiger partial charge in [0, 0.05) is 0 Å². The van der Waals surface area contributed by atoms with Crippen LogP contribution in [0.1, 0.15) is 0 Å². The molecule has 1 heterocycles. The quantitative estimate of drug-likeness (QED) is 0.538. The van der Waals surface area contributed by atoms with Crippen LogP contribution in [-0.4, -0.2) is 64.4 Å². The number of hydrogen-bond acceptors (Lipinski definition) is 13. The van der Waals surface area contributed by atoms with E-state index in [9.17, 15) is 0 Å². The molecule has 0 spiro atoms. The number of anilines is 3. The molecule has 1 rings (SSSR count). The van der Waals surface area contributed by atoms with Gasteiger partial charge in [-0.05, 0) is 0 Å². The van der Waals surface area contributed by atoms with E-state index in [-0.39, 0.29) is 17.8 Å². The second-order valence-corrected chi connectivity index (χ2v) is 3.10. The summed E-state index contributed by atoms with van der Waals surface area (Å²) in [4.78, 5) is 49.9. The summed E-state index contributed by atoms with van der Waals surface area (Å²) in [6.07, 6.45) is 0. The fourth-order valence-corrected chi connectivity index (χ4v) is 1.30. The van der Waals surface area contributed by atoms with Gasteiger partial charge < -0.3 is 4.79 Å². The second-order valence-electron chi connectivity index (χ2n) is 3.10. The van der Waals surface area contributed by atoms with E-state index < -0.39 is 0 Å². The van der Waals surface area contributed by atoms with Crippen LogP contribution in [-0.2, 0) is 33.8 Å². The first-order valence-electron chi connectivity index (χ1n) is 5.85. The Hall–Kier alpha value is -2.16. The molecule has 13 nitrogen and oxygen atoms in total. The van der Waals surface area contributed by atoms with Crippen molar-refractivity contribution in [2.75, 3.05) is 58.3 Å². The summed E-state index contributed by atoms with van der Waals surface area (Å²) in [5, 5.41) is 2.84. The molecule has 0 saturated carbocycles. The molecule has 0 fully saturated rings. The molecule has 0 amide bonds. The van der Waals surface area contributed by atoms with E-state index in [0.29, 0.717) is 0 Å². The van der Waals surface area contributed by atoms with Gasteiger partial charge in [-0.25, -0.2) is 29.0 Å². The first-order chi connectivity index (χ1) is 11.1. The van der Waals surface area contributed by atoms with Gasteiger partial charge >= 0.3 is 0 Å². The Kier molecular flexibility index (Phi) is 10.3. The highest BCUT2D eigenvalue weighted by Gasteiger charge is 2.21. The van der Waals surface area contributed by atoms with E-state index in [0.717, 1.165) is 15.7 Å². The number of nitrogens with zero attached hydrogens (tertiary/aromatic N) is 6. The van der Waals surface area contributed by atoms with Crippen molar-refractivity contribution in [1.82, 2.24) is 15.0 Å². The lowest BCUT2D eigenvalue weighted by molar-refractivity contribution is -0.0980. The molecule has 0 radical (unpaired) electrons. The number of rotatable bonds is 9. The predicted molar refractivity (Wildman–Crippen MR) is 76.4 cm³/mol. The third kappa shape index (κ3) is 5.51. The van der Waals surface area contributed by atoms with Gasteiger partial charge in [0.2, 0.25) is 0 Å². The minimum atomic E-state index is 0.0122. The molecule has 1 aromatic heterocycles. The van der Waals surface area contributed by atoms with Crippen LogP contribution in [0, 0.1) is 0 Å². The SMILES string of the molecule is C=O.CON(OC)c1nc(N(OC)OC)nc(N(OC)OC)n1. The zero-order chi connectivity index (χ0) is 17.8. The highest BCUT2D eigenvalue weighted by Crippen LogP contribution is 2.19. The Morgan fingerprint density at radius 1 is 0.565 bits per heavy atom. The average molecular weight is 336 g/mol. The van der Waals surface area contributed by atoms with Gasteiger partial charge in [-0.3, -0.25) is 0 Å². The molecule has 0 bridgehead atoms. The summed E-state index contributed by atoms with van der Waals surface area (Å²) in [5.41, 5.74) is 0. The molecule has 0 aliphatic heterocycles. The summed E-state index contributed by atoms with van der Waals surface area (Å²) < 4.78 is 0. The van der Waals surface area contributed by atoms with Crippen LogP contribution in [0.15, 0.2) is 0 Å². The van der Waals surface area contributed by atoms with E-state index in [1.54, 1.807) is 0 Å². The van der Waals surface area contributed by atoms with E-state index >= 15 is 0 Å². The lowest BCUT2D eigenvalue weighted by Crippen LogP contribution is -2.30. The maximum Gasteiger partial charge on any atom is 0.284 e. The van der Waals surface area contributed by atoms with Crippen molar-refractivity contribution in [2.24, 2.45) is 0 Å². The van der Waals surface area contributed by atoms with Gasteiger partial charge in [0.05, 0.1) is 42.7 Å². The highest BCUT2D eigenvalue weighted by molar-refractivity contribution is 5.40. The monoisotopic (exact) mass is 336 g/mol. The van der Waals surface area contributed by atoms with E-state index in [2.05, 4.69) is 15.0 Å². The van der Waals surface area contributed by atoms with Crippen molar-refractivity contribution in [3.63, 3.8) is 0 Å².